The van der Waals surface area contributed by atoms with Gasteiger partial charge in [-0.05, 0) is 24.1 Å². The second-order valence-corrected chi connectivity index (χ2v) is 6.17. The number of halogens is 3. The predicted octanol–water partition coefficient (Wildman–Crippen LogP) is 3.96. The second-order valence-electron chi connectivity index (χ2n) is 5.06. The topological polar surface area (TPSA) is 24.9 Å². The summed E-state index contributed by atoms with van der Waals surface area (Å²) >= 11 is 1.18. The highest BCUT2D eigenvalue weighted by Crippen LogP contribution is 2.44. The number of rotatable bonds is 4. The Bertz CT molecular complexity index is 649. The minimum atomic E-state index is -4.39. The van der Waals surface area contributed by atoms with Gasteiger partial charge < -0.3 is 5.32 Å². The Balaban J connectivity index is 1.93. The Morgan fingerprint density at radius 1 is 1.33 bits per heavy atom. The second kappa shape index (κ2) is 5.42. The average Bonchev–Trinajstić information content (AvgIpc) is 2.81. The van der Waals surface area contributed by atoms with Gasteiger partial charge in [0.05, 0.1) is 4.88 Å². The Labute approximate surface area is 125 Å². The first-order valence-electron chi connectivity index (χ1n) is 6.86. The molecule has 0 saturated heterocycles. The van der Waals surface area contributed by atoms with Crippen molar-refractivity contribution >= 4 is 11.3 Å². The standard InChI is InChI=1S/C15H15F3N2S/c1-2-19-8-12-13(15(16,17)18)20-14(21-12)11-7-9-5-3-4-6-10(9)11/h3-6,11,19H,2,7-8H2,1H3. The molecule has 1 unspecified atom stereocenters. The van der Waals surface area contributed by atoms with Crippen molar-refractivity contribution in [2.75, 3.05) is 6.54 Å². The van der Waals surface area contributed by atoms with Gasteiger partial charge in [-0.15, -0.1) is 11.3 Å². The maximum absolute atomic E-state index is 13.1. The number of thiazole rings is 1. The zero-order valence-electron chi connectivity index (χ0n) is 11.5. The van der Waals surface area contributed by atoms with E-state index in [1.807, 2.05) is 31.2 Å². The summed E-state index contributed by atoms with van der Waals surface area (Å²) < 4.78 is 39.3. The van der Waals surface area contributed by atoms with Crippen molar-refractivity contribution in [3.63, 3.8) is 0 Å². The molecule has 1 N–H and O–H groups in total. The Kier molecular flexibility index (Phi) is 3.75. The van der Waals surface area contributed by atoms with Crippen LogP contribution in [0.5, 0.6) is 0 Å². The molecule has 1 heterocycles. The molecule has 1 aliphatic carbocycles. The van der Waals surface area contributed by atoms with Gasteiger partial charge in [0.2, 0.25) is 0 Å². The van der Waals surface area contributed by atoms with Gasteiger partial charge in [0.15, 0.2) is 5.69 Å². The number of hydrogen-bond acceptors (Lipinski definition) is 3. The molecule has 0 amide bonds. The number of fused-ring (bicyclic) bond motifs is 1. The van der Waals surface area contributed by atoms with E-state index in [9.17, 15) is 13.2 Å². The van der Waals surface area contributed by atoms with E-state index in [0.29, 0.717) is 11.6 Å². The van der Waals surface area contributed by atoms with E-state index in [0.717, 1.165) is 12.0 Å². The quantitative estimate of drug-likeness (QED) is 0.924. The molecule has 21 heavy (non-hydrogen) atoms. The van der Waals surface area contributed by atoms with Gasteiger partial charge in [-0.3, -0.25) is 0 Å². The van der Waals surface area contributed by atoms with Crippen LogP contribution in [0.15, 0.2) is 24.3 Å². The van der Waals surface area contributed by atoms with Crippen molar-refractivity contribution in [2.24, 2.45) is 0 Å². The summed E-state index contributed by atoms with van der Waals surface area (Å²) in [4.78, 5) is 4.19. The van der Waals surface area contributed by atoms with E-state index in [4.69, 9.17) is 0 Å². The first kappa shape index (κ1) is 14.5. The lowest BCUT2D eigenvalue weighted by Gasteiger charge is -2.28. The summed E-state index contributed by atoms with van der Waals surface area (Å²) in [5.74, 6) is 0.0164. The summed E-state index contributed by atoms with van der Waals surface area (Å²) in [6, 6.07) is 7.86. The zero-order valence-corrected chi connectivity index (χ0v) is 12.3. The number of aromatic nitrogens is 1. The van der Waals surface area contributed by atoms with Gasteiger partial charge in [0.1, 0.15) is 5.01 Å². The van der Waals surface area contributed by atoms with E-state index < -0.39 is 11.9 Å². The van der Waals surface area contributed by atoms with E-state index in [-0.39, 0.29) is 17.3 Å². The van der Waals surface area contributed by atoms with Crippen LogP contribution >= 0.6 is 11.3 Å². The molecule has 0 radical (unpaired) electrons. The number of hydrogen-bond donors (Lipinski definition) is 1. The molecular formula is C15H15F3N2S. The molecule has 0 saturated carbocycles. The van der Waals surface area contributed by atoms with E-state index in [1.54, 1.807) is 0 Å². The third-order valence-corrected chi connectivity index (χ3v) is 4.84. The monoisotopic (exact) mass is 312 g/mol. The zero-order chi connectivity index (χ0) is 15.0. The molecule has 0 fully saturated rings. The molecule has 2 nitrogen and oxygen atoms in total. The van der Waals surface area contributed by atoms with Gasteiger partial charge in [-0.25, -0.2) is 4.98 Å². The van der Waals surface area contributed by atoms with Crippen LogP contribution in [0.1, 0.15) is 39.5 Å². The van der Waals surface area contributed by atoms with Crippen LogP contribution in [-0.2, 0) is 19.1 Å². The van der Waals surface area contributed by atoms with Crippen molar-refractivity contribution in [1.82, 2.24) is 10.3 Å². The number of benzene rings is 1. The number of alkyl halides is 3. The fourth-order valence-corrected chi connectivity index (χ4v) is 3.75. The highest BCUT2D eigenvalue weighted by atomic mass is 32.1. The van der Waals surface area contributed by atoms with Crippen LogP contribution in [0.3, 0.4) is 0 Å². The first-order chi connectivity index (χ1) is 10.0. The molecule has 1 aliphatic rings. The summed E-state index contributed by atoms with van der Waals surface area (Å²) in [6.07, 6.45) is -3.61. The van der Waals surface area contributed by atoms with Crippen molar-refractivity contribution in [2.45, 2.75) is 32.0 Å². The molecule has 1 aromatic heterocycles. The van der Waals surface area contributed by atoms with Crippen LogP contribution in [0, 0.1) is 0 Å². The summed E-state index contributed by atoms with van der Waals surface area (Å²) in [7, 11) is 0. The molecule has 0 aliphatic heterocycles. The molecule has 0 bridgehead atoms. The predicted molar refractivity (Wildman–Crippen MR) is 76.5 cm³/mol. The largest absolute Gasteiger partial charge is 0.434 e. The number of nitrogens with one attached hydrogen (secondary N) is 1. The van der Waals surface area contributed by atoms with E-state index in [1.165, 1.54) is 16.9 Å². The first-order valence-corrected chi connectivity index (χ1v) is 7.67. The van der Waals surface area contributed by atoms with Crippen LogP contribution in [0.25, 0.3) is 0 Å². The van der Waals surface area contributed by atoms with Gasteiger partial charge >= 0.3 is 6.18 Å². The third-order valence-electron chi connectivity index (χ3n) is 3.67. The third kappa shape index (κ3) is 2.70. The highest BCUT2D eigenvalue weighted by Gasteiger charge is 2.39. The van der Waals surface area contributed by atoms with E-state index in [2.05, 4.69) is 10.3 Å². The number of nitrogens with zero attached hydrogens (tertiary/aromatic N) is 1. The summed E-state index contributed by atoms with van der Waals surface area (Å²) in [6.45, 7) is 2.73. The molecule has 0 spiro atoms. The fourth-order valence-electron chi connectivity index (χ4n) is 2.58. The van der Waals surface area contributed by atoms with Gasteiger partial charge in [-0.1, -0.05) is 31.2 Å². The van der Waals surface area contributed by atoms with Crippen molar-refractivity contribution in [3.05, 3.63) is 51.0 Å². The summed E-state index contributed by atoms with van der Waals surface area (Å²) in [5.41, 5.74) is 1.59. The average molecular weight is 312 g/mol. The highest BCUT2D eigenvalue weighted by molar-refractivity contribution is 7.11. The van der Waals surface area contributed by atoms with Crippen molar-refractivity contribution < 1.29 is 13.2 Å². The van der Waals surface area contributed by atoms with Crippen molar-refractivity contribution in [1.29, 1.82) is 0 Å². The van der Waals surface area contributed by atoms with Gasteiger partial charge in [-0.2, -0.15) is 13.2 Å². The fraction of sp³-hybridized carbons (Fsp3) is 0.400. The maximum atomic E-state index is 13.1. The SMILES string of the molecule is CCNCc1sc(C2Cc3ccccc32)nc1C(F)(F)F. The van der Waals surface area contributed by atoms with Crippen LogP contribution in [0.2, 0.25) is 0 Å². The molecule has 6 heteroatoms. The smallest absolute Gasteiger partial charge is 0.312 e. The van der Waals surface area contributed by atoms with E-state index >= 15 is 0 Å². The van der Waals surface area contributed by atoms with Crippen molar-refractivity contribution in [3.8, 4) is 0 Å². The Morgan fingerprint density at radius 3 is 2.76 bits per heavy atom. The molecule has 112 valence electrons. The minimum Gasteiger partial charge on any atom is -0.312 e. The Morgan fingerprint density at radius 2 is 2.10 bits per heavy atom. The molecular weight excluding hydrogens is 297 g/mol. The lowest BCUT2D eigenvalue weighted by molar-refractivity contribution is -0.141. The van der Waals surface area contributed by atoms with Crippen LogP contribution in [-0.4, -0.2) is 11.5 Å². The molecule has 1 aromatic carbocycles. The van der Waals surface area contributed by atoms with Crippen LogP contribution < -0.4 is 5.32 Å². The summed E-state index contributed by atoms with van der Waals surface area (Å²) in [5, 5.41) is 3.53. The minimum absolute atomic E-state index is 0.0164. The van der Waals surface area contributed by atoms with Gasteiger partial charge in [0.25, 0.3) is 0 Å². The molecule has 3 rings (SSSR count). The van der Waals surface area contributed by atoms with Gasteiger partial charge in [0, 0.05) is 12.5 Å². The molecule has 2 aromatic rings. The lowest BCUT2D eigenvalue weighted by atomic mass is 9.78. The lowest BCUT2D eigenvalue weighted by Crippen LogP contribution is -2.18. The normalized spacial score (nSPS) is 17.4. The maximum Gasteiger partial charge on any atom is 0.434 e. The van der Waals surface area contributed by atoms with Crippen LogP contribution in [0.4, 0.5) is 13.2 Å². The Hall–Kier alpha value is -1.40. The molecule has 1 atom stereocenters.